The molecule has 0 spiro atoms. The molecule has 1 amide bonds. The Morgan fingerprint density at radius 3 is 2.50 bits per heavy atom. The van der Waals surface area contributed by atoms with Crippen molar-refractivity contribution in [3.8, 4) is 12.3 Å². The summed E-state index contributed by atoms with van der Waals surface area (Å²) in [5, 5.41) is 2.89. The van der Waals surface area contributed by atoms with Crippen LogP contribution in [0.3, 0.4) is 0 Å². The van der Waals surface area contributed by atoms with Crippen LogP contribution in [-0.2, 0) is 4.79 Å². The molecule has 0 aliphatic heterocycles. The predicted molar refractivity (Wildman–Crippen MR) is 70.3 cm³/mol. The SMILES string of the molecule is C#CCCC(=O)Nc1c(C)cc(Br)cc1C. The quantitative estimate of drug-likeness (QED) is 0.844. The predicted octanol–water partition coefficient (Wildman–Crippen LogP) is 3.42. The zero-order valence-electron chi connectivity index (χ0n) is 9.43. The standard InChI is InChI=1S/C13H14BrNO/c1-4-5-6-12(16)15-13-9(2)7-11(14)8-10(13)3/h1,7-8H,5-6H2,2-3H3,(H,15,16). The number of aryl methyl sites for hydroxylation is 2. The Hall–Kier alpha value is -1.27. The van der Waals surface area contributed by atoms with E-state index in [9.17, 15) is 4.79 Å². The van der Waals surface area contributed by atoms with E-state index in [0.29, 0.717) is 12.8 Å². The van der Waals surface area contributed by atoms with Crippen molar-refractivity contribution >= 4 is 27.5 Å². The van der Waals surface area contributed by atoms with Crippen LogP contribution in [0.15, 0.2) is 16.6 Å². The highest BCUT2D eigenvalue weighted by Crippen LogP contribution is 2.25. The molecular weight excluding hydrogens is 266 g/mol. The summed E-state index contributed by atoms with van der Waals surface area (Å²) in [6.45, 7) is 3.93. The first-order chi connectivity index (χ1) is 7.54. The van der Waals surface area contributed by atoms with Crippen LogP contribution in [0.5, 0.6) is 0 Å². The lowest BCUT2D eigenvalue weighted by Gasteiger charge is -2.11. The first-order valence-electron chi connectivity index (χ1n) is 5.04. The molecule has 1 aromatic rings. The van der Waals surface area contributed by atoms with Crippen LogP contribution < -0.4 is 5.32 Å². The van der Waals surface area contributed by atoms with Crippen molar-refractivity contribution in [3.05, 3.63) is 27.7 Å². The van der Waals surface area contributed by atoms with E-state index in [1.165, 1.54) is 0 Å². The Morgan fingerprint density at radius 2 is 2.00 bits per heavy atom. The Bertz CT molecular complexity index is 423. The van der Waals surface area contributed by atoms with E-state index < -0.39 is 0 Å². The van der Waals surface area contributed by atoms with Gasteiger partial charge in [-0.1, -0.05) is 15.9 Å². The normalized spacial score (nSPS) is 9.62. The summed E-state index contributed by atoms with van der Waals surface area (Å²) in [6.07, 6.45) is 5.95. The maximum absolute atomic E-state index is 11.5. The molecular formula is C13H14BrNO. The number of nitrogens with one attached hydrogen (secondary N) is 1. The monoisotopic (exact) mass is 279 g/mol. The van der Waals surface area contributed by atoms with E-state index in [-0.39, 0.29) is 5.91 Å². The highest BCUT2D eigenvalue weighted by Gasteiger charge is 2.07. The molecule has 0 saturated heterocycles. The molecule has 0 bridgehead atoms. The van der Waals surface area contributed by atoms with E-state index in [2.05, 4.69) is 27.2 Å². The van der Waals surface area contributed by atoms with E-state index in [1.54, 1.807) is 0 Å². The lowest BCUT2D eigenvalue weighted by Crippen LogP contribution is -2.12. The van der Waals surface area contributed by atoms with Crippen molar-refractivity contribution in [1.82, 2.24) is 0 Å². The van der Waals surface area contributed by atoms with Crippen molar-refractivity contribution in [2.24, 2.45) is 0 Å². The molecule has 0 aliphatic rings. The third kappa shape index (κ3) is 3.39. The third-order valence-corrected chi connectivity index (χ3v) is 2.72. The van der Waals surface area contributed by atoms with E-state index in [4.69, 9.17) is 6.42 Å². The largest absolute Gasteiger partial charge is 0.326 e. The summed E-state index contributed by atoms with van der Waals surface area (Å²) >= 11 is 3.42. The van der Waals surface area contributed by atoms with Crippen molar-refractivity contribution < 1.29 is 4.79 Å². The molecule has 0 fully saturated rings. The maximum Gasteiger partial charge on any atom is 0.225 e. The third-order valence-electron chi connectivity index (χ3n) is 2.26. The van der Waals surface area contributed by atoms with Crippen molar-refractivity contribution in [1.29, 1.82) is 0 Å². The number of carbonyl (C=O) groups excluding carboxylic acids is 1. The molecule has 84 valence electrons. The molecule has 0 saturated carbocycles. The second-order valence-electron chi connectivity index (χ2n) is 3.67. The Balaban J connectivity index is 2.82. The van der Waals surface area contributed by atoms with Crippen LogP contribution in [0.1, 0.15) is 24.0 Å². The lowest BCUT2D eigenvalue weighted by molar-refractivity contribution is -0.116. The molecule has 0 heterocycles. The van der Waals surface area contributed by atoms with Crippen molar-refractivity contribution in [3.63, 3.8) is 0 Å². The molecule has 3 heteroatoms. The number of terminal acetylenes is 1. The minimum absolute atomic E-state index is 0.0357. The van der Waals surface area contributed by atoms with Gasteiger partial charge in [-0.15, -0.1) is 12.3 Å². The molecule has 0 radical (unpaired) electrons. The van der Waals surface area contributed by atoms with Crippen LogP contribution in [-0.4, -0.2) is 5.91 Å². The molecule has 1 N–H and O–H groups in total. The number of anilines is 1. The zero-order valence-corrected chi connectivity index (χ0v) is 11.0. The minimum atomic E-state index is -0.0357. The lowest BCUT2D eigenvalue weighted by atomic mass is 10.1. The highest BCUT2D eigenvalue weighted by atomic mass is 79.9. The Morgan fingerprint density at radius 1 is 1.44 bits per heavy atom. The van der Waals surface area contributed by atoms with Crippen LogP contribution in [0, 0.1) is 26.2 Å². The molecule has 1 rings (SSSR count). The molecule has 2 nitrogen and oxygen atoms in total. The topological polar surface area (TPSA) is 29.1 Å². The summed E-state index contributed by atoms with van der Waals surface area (Å²) in [5.74, 6) is 2.42. The van der Waals surface area contributed by atoms with Gasteiger partial charge in [0.2, 0.25) is 5.91 Å². The fraction of sp³-hybridized carbons (Fsp3) is 0.308. The number of benzene rings is 1. The van der Waals surface area contributed by atoms with Gasteiger partial charge >= 0.3 is 0 Å². The van der Waals surface area contributed by atoms with Crippen LogP contribution in [0.25, 0.3) is 0 Å². The zero-order chi connectivity index (χ0) is 12.1. The second-order valence-corrected chi connectivity index (χ2v) is 4.58. The second kappa shape index (κ2) is 5.72. The number of hydrogen-bond acceptors (Lipinski definition) is 1. The van der Waals surface area contributed by atoms with E-state index in [1.807, 2.05) is 26.0 Å². The van der Waals surface area contributed by atoms with Crippen molar-refractivity contribution in [2.75, 3.05) is 5.32 Å². The summed E-state index contributed by atoms with van der Waals surface area (Å²) in [7, 11) is 0. The molecule has 16 heavy (non-hydrogen) atoms. The Kier molecular flexibility index (Phi) is 4.57. The molecule has 0 unspecified atom stereocenters. The van der Waals surface area contributed by atoms with Crippen LogP contribution >= 0.6 is 15.9 Å². The summed E-state index contributed by atoms with van der Waals surface area (Å²) in [4.78, 5) is 11.5. The van der Waals surface area contributed by atoms with Crippen molar-refractivity contribution in [2.45, 2.75) is 26.7 Å². The van der Waals surface area contributed by atoms with Gasteiger partial charge in [0, 0.05) is 23.0 Å². The fourth-order valence-corrected chi connectivity index (χ4v) is 2.18. The number of hydrogen-bond donors (Lipinski definition) is 1. The first-order valence-corrected chi connectivity index (χ1v) is 5.84. The van der Waals surface area contributed by atoms with E-state index in [0.717, 1.165) is 21.3 Å². The smallest absolute Gasteiger partial charge is 0.225 e. The molecule has 0 atom stereocenters. The number of rotatable bonds is 3. The van der Waals surface area contributed by atoms with Gasteiger partial charge in [-0.05, 0) is 37.1 Å². The van der Waals surface area contributed by atoms with Gasteiger partial charge in [0.1, 0.15) is 0 Å². The van der Waals surface area contributed by atoms with Gasteiger partial charge in [-0.25, -0.2) is 0 Å². The summed E-state index contributed by atoms with van der Waals surface area (Å²) < 4.78 is 1.02. The average molecular weight is 280 g/mol. The molecule has 0 aromatic heterocycles. The van der Waals surface area contributed by atoms with Gasteiger partial charge < -0.3 is 5.32 Å². The van der Waals surface area contributed by atoms with E-state index >= 15 is 0 Å². The number of carbonyl (C=O) groups is 1. The number of halogens is 1. The average Bonchev–Trinajstić information content (AvgIpc) is 2.20. The highest BCUT2D eigenvalue weighted by molar-refractivity contribution is 9.10. The maximum atomic E-state index is 11.5. The molecule has 1 aromatic carbocycles. The van der Waals surface area contributed by atoms with Gasteiger partial charge in [-0.3, -0.25) is 4.79 Å². The fourth-order valence-electron chi connectivity index (χ4n) is 1.50. The van der Waals surface area contributed by atoms with Gasteiger partial charge in [0.25, 0.3) is 0 Å². The minimum Gasteiger partial charge on any atom is -0.326 e. The van der Waals surface area contributed by atoms with Gasteiger partial charge in [0.15, 0.2) is 0 Å². The Labute approximate surface area is 105 Å². The molecule has 0 aliphatic carbocycles. The first kappa shape index (κ1) is 12.8. The van der Waals surface area contributed by atoms with Crippen LogP contribution in [0.2, 0.25) is 0 Å². The van der Waals surface area contributed by atoms with Gasteiger partial charge in [0.05, 0.1) is 0 Å². The number of amides is 1. The summed E-state index contributed by atoms with van der Waals surface area (Å²) in [5.41, 5.74) is 2.96. The van der Waals surface area contributed by atoms with Gasteiger partial charge in [-0.2, -0.15) is 0 Å². The van der Waals surface area contributed by atoms with Crippen LogP contribution in [0.4, 0.5) is 5.69 Å². The summed E-state index contributed by atoms with van der Waals surface area (Å²) in [6, 6.07) is 3.95.